The third-order valence-corrected chi connectivity index (χ3v) is 4.32. The number of benzene rings is 1. The van der Waals surface area contributed by atoms with Crippen LogP contribution in [0.5, 0.6) is 0 Å². The van der Waals surface area contributed by atoms with Gasteiger partial charge in [-0.2, -0.15) is 0 Å². The quantitative estimate of drug-likeness (QED) is 0.919. The summed E-state index contributed by atoms with van der Waals surface area (Å²) < 4.78 is 0. The highest BCUT2D eigenvalue weighted by molar-refractivity contribution is 5.95. The lowest BCUT2D eigenvalue weighted by Crippen LogP contribution is -2.57. The molecule has 1 aliphatic carbocycles. The van der Waals surface area contributed by atoms with E-state index in [1.807, 2.05) is 32.9 Å². The normalized spacial score (nSPS) is 23.3. The van der Waals surface area contributed by atoms with Gasteiger partial charge in [0.1, 0.15) is 0 Å². The van der Waals surface area contributed by atoms with Crippen molar-refractivity contribution >= 4 is 11.9 Å². The Morgan fingerprint density at radius 1 is 1.23 bits per heavy atom. The molecule has 2 atom stereocenters. The molecule has 0 aliphatic heterocycles. The van der Waals surface area contributed by atoms with Crippen LogP contribution in [0.4, 0.5) is 0 Å². The van der Waals surface area contributed by atoms with Gasteiger partial charge in [0.15, 0.2) is 0 Å². The van der Waals surface area contributed by atoms with Crippen LogP contribution in [0.25, 0.3) is 0 Å². The van der Waals surface area contributed by atoms with Crippen molar-refractivity contribution in [3.8, 4) is 0 Å². The van der Waals surface area contributed by atoms with Gasteiger partial charge in [-0.25, -0.2) is 0 Å². The van der Waals surface area contributed by atoms with E-state index in [1.54, 1.807) is 30.4 Å². The largest absolute Gasteiger partial charge is 0.549 e. The Morgan fingerprint density at radius 3 is 2.55 bits per heavy atom. The molecule has 0 spiro atoms. The van der Waals surface area contributed by atoms with E-state index in [1.165, 1.54) is 0 Å². The zero-order valence-electron chi connectivity index (χ0n) is 13.1. The maximum Gasteiger partial charge on any atom is 0.251 e. The monoisotopic (exact) mass is 298 g/mol. The minimum atomic E-state index is -1.19. The van der Waals surface area contributed by atoms with E-state index in [2.05, 4.69) is 5.32 Å². The number of carbonyl (C=O) groups excluding carboxylic acids is 2. The second-order valence-corrected chi connectivity index (χ2v) is 5.69. The van der Waals surface area contributed by atoms with Crippen LogP contribution in [0.2, 0.25) is 0 Å². The first-order chi connectivity index (χ1) is 10.4. The summed E-state index contributed by atoms with van der Waals surface area (Å²) in [7, 11) is 0. The van der Waals surface area contributed by atoms with Crippen molar-refractivity contribution in [3.05, 3.63) is 59.2 Å². The highest BCUT2D eigenvalue weighted by Gasteiger charge is 2.37. The van der Waals surface area contributed by atoms with Crippen LogP contribution in [0.1, 0.15) is 34.8 Å². The van der Waals surface area contributed by atoms with Gasteiger partial charge < -0.3 is 15.2 Å². The predicted octanol–water partition coefficient (Wildman–Crippen LogP) is 1.67. The third-order valence-electron chi connectivity index (χ3n) is 4.32. The summed E-state index contributed by atoms with van der Waals surface area (Å²) in [5.41, 5.74) is 1.70. The number of aryl methyl sites for hydroxylation is 2. The average molecular weight is 298 g/mol. The molecule has 0 aromatic heterocycles. The molecule has 1 aromatic carbocycles. The summed E-state index contributed by atoms with van der Waals surface area (Å²) >= 11 is 0. The van der Waals surface area contributed by atoms with Crippen LogP contribution < -0.4 is 10.4 Å². The van der Waals surface area contributed by atoms with Crippen LogP contribution >= 0.6 is 0 Å². The van der Waals surface area contributed by atoms with Crippen LogP contribution in [0.3, 0.4) is 0 Å². The van der Waals surface area contributed by atoms with Gasteiger partial charge in [0.25, 0.3) is 5.91 Å². The molecule has 0 saturated heterocycles. The number of rotatable bonds is 4. The standard InChI is InChI=1S/C18H21NO3/c1-4-18(10-6-5-7-15(18)17(21)22)19-16(20)14-9-8-12(2)13(3)11-14/h5-11,15H,4H2,1-3H3,(H,19,20)(H,21,22)/p-1. The van der Waals surface area contributed by atoms with Crippen LogP contribution in [0.15, 0.2) is 42.5 Å². The number of amides is 1. The molecule has 1 amide bonds. The highest BCUT2D eigenvalue weighted by Crippen LogP contribution is 2.28. The minimum absolute atomic E-state index is 0.281. The number of carboxylic acid groups (broad SMARTS) is 1. The van der Waals surface area contributed by atoms with Crippen LogP contribution in [0, 0.1) is 19.8 Å². The molecule has 1 aromatic rings. The Labute approximate surface area is 130 Å². The van der Waals surface area contributed by atoms with Crippen molar-refractivity contribution in [2.24, 2.45) is 5.92 Å². The Bertz CT molecular complexity index is 660. The number of nitrogens with one attached hydrogen (secondary N) is 1. The first kappa shape index (κ1) is 16.0. The summed E-state index contributed by atoms with van der Waals surface area (Å²) in [6.07, 6.45) is 7.16. The predicted molar refractivity (Wildman–Crippen MR) is 83.2 cm³/mol. The second-order valence-electron chi connectivity index (χ2n) is 5.69. The van der Waals surface area contributed by atoms with Gasteiger partial charge in [0, 0.05) is 11.5 Å². The fourth-order valence-corrected chi connectivity index (χ4v) is 2.68. The smallest absolute Gasteiger partial charge is 0.251 e. The van der Waals surface area contributed by atoms with E-state index in [0.29, 0.717) is 12.0 Å². The summed E-state index contributed by atoms with van der Waals surface area (Å²) in [6.45, 7) is 5.76. The maximum absolute atomic E-state index is 12.5. The molecule has 0 radical (unpaired) electrons. The zero-order valence-corrected chi connectivity index (χ0v) is 13.1. The fraction of sp³-hybridized carbons (Fsp3) is 0.333. The first-order valence-electron chi connectivity index (χ1n) is 7.36. The van der Waals surface area contributed by atoms with Gasteiger partial charge in [0.05, 0.1) is 11.5 Å². The van der Waals surface area contributed by atoms with E-state index in [4.69, 9.17) is 0 Å². The molecule has 0 bridgehead atoms. The molecule has 1 aliphatic rings. The SMILES string of the molecule is CCC1(NC(=O)c2ccc(C)c(C)c2)C=CC=CC1C(=O)[O-]. The van der Waals surface area contributed by atoms with E-state index in [-0.39, 0.29) is 5.91 Å². The Morgan fingerprint density at radius 2 is 1.95 bits per heavy atom. The molecule has 22 heavy (non-hydrogen) atoms. The van der Waals surface area contributed by atoms with Crippen molar-refractivity contribution < 1.29 is 14.7 Å². The highest BCUT2D eigenvalue weighted by atomic mass is 16.4. The summed E-state index contributed by atoms with van der Waals surface area (Å²) in [5.74, 6) is -2.35. The number of carbonyl (C=O) groups is 2. The van der Waals surface area contributed by atoms with Gasteiger partial charge in [-0.1, -0.05) is 37.3 Å². The average Bonchev–Trinajstić information content (AvgIpc) is 2.50. The third kappa shape index (κ3) is 2.96. The van der Waals surface area contributed by atoms with Crippen LogP contribution in [-0.2, 0) is 4.79 Å². The van der Waals surface area contributed by atoms with Gasteiger partial charge in [-0.05, 0) is 43.5 Å². The first-order valence-corrected chi connectivity index (χ1v) is 7.36. The zero-order chi connectivity index (χ0) is 16.3. The fourth-order valence-electron chi connectivity index (χ4n) is 2.68. The molecule has 2 rings (SSSR count). The molecule has 0 saturated carbocycles. The lowest BCUT2D eigenvalue weighted by atomic mass is 9.78. The van der Waals surface area contributed by atoms with E-state index in [9.17, 15) is 14.7 Å². The number of allylic oxidation sites excluding steroid dienone is 2. The van der Waals surface area contributed by atoms with Gasteiger partial charge in [0.2, 0.25) is 0 Å². The summed E-state index contributed by atoms with van der Waals surface area (Å²) in [4.78, 5) is 23.9. The lowest BCUT2D eigenvalue weighted by Gasteiger charge is -2.39. The van der Waals surface area contributed by atoms with Crippen molar-refractivity contribution in [2.75, 3.05) is 0 Å². The van der Waals surface area contributed by atoms with Crippen molar-refractivity contribution in [1.29, 1.82) is 0 Å². The molecular formula is C18H20NO3-. The maximum atomic E-state index is 12.5. The number of hydrogen-bond donors (Lipinski definition) is 1. The molecule has 4 nitrogen and oxygen atoms in total. The van der Waals surface area contributed by atoms with Gasteiger partial charge in [-0.3, -0.25) is 4.79 Å². The molecule has 0 fully saturated rings. The molecular weight excluding hydrogens is 278 g/mol. The summed E-state index contributed by atoms with van der Waals surface area (Å²) in [6, 6.07) is 5.44. The van der Waals surface area contributed by atoms with Crippen molar-refractivity contribution in [3.63, 3.8) is 0 Å². The Balaban J connectivity index is 2.30. The topological polar surface area (TPSA) is 69.2 Å². The molecule has 0 heterocycles. The molecule has 2 unspecified atom stereocenters. The van der Waals surface area contributed by atoms with Gasteiger partial charge >= 0.3 is 0 Å². The van der Waals surface area contributed by atoms with Gasteiger partial charge in [-0.15, -0.1) is 0 Å². The second kappa shape index (κ2) is 6.18. The van der Waals surface area contributed by atoms with Crippen molar-refractivity contribution in [2.45, 2.75) is 32.7 Å². The van der Waals surface area contributed by atoms with E-state index < -0.39 is 17.4 Å². The summed E-state index contributed by atoms with van der Waals surface area (Å²) in [5, 5.41) is 14.3. The van der Waals surface area contributed by atoms with Crippen LogP contribution in [-0.4, -0.2) is 17.4 Å². The Hall–Kier alpha value is -2.36. The molecule has 4 heteroatoms. The number of carboxylic acids is 1. The van der Waals surface area contributed by atoms with E-state index in [0.717, 1.165) is 11.1 Å². The molecule has 116 valence electrons. The lowest BCUT2D eigenvalue weighted by molar-refractivity contribution is -0.311. The number of aliphatic carboxylic acids is 1. The minimum Gasteiger partial charge on any atom is -0.549 e. The number of hydrogen-bond acceptors (Lipinski definition) is 3. The molecule has 1 N–H and O–H groups in total. The van der Waals surface area contributed by atoms with E-state index >= 15 is 0 Å². The van der Waals surface area contributed by atoms with Crippen molar-refractivity contribution in [1.82, 2.24) is 5.32 Å². The Kier molecular flexibility index (Phi) is 4.50.